The second-order valence-corrected chi connectivity index (χ2v) is 14.1. The lowest BCUT2D eigenvalue weighted by molar-refractivity contribution is -0.161. The minimum absolute atomic E-state index is 0.168. The molecule has 1 atom stereocenters. The van der Waals surface area contributed by atoms with E-state index in [4.69, 9.17) is 19.3 Å². The molecule has 2 N–H and O–H groups in total. The first kappa shape index (κ1) is 47.8. The van der Waals surface area contributed by atoms with Crippen LogP contribution in [0, 0.1) is 0 Å². The molecule has 0 aliphatic carbocycles. The summed E-state index contributed by atoms with van der Waals surface area (Å²) in [7, 11) is -4.77. The van der Waals surface area contributed by atoms with Gasteiger partial charge in [-0.15, -0.1) is 0 Å². The summed E-state index contributed by atoms with van der Waals surface area (Å²) in [5.41, 5.74) is 0. The summed E-state index contributed by atoms with van der Waals surface area (Å²) >= 11 is 0. The number of hydrogen-bond acceptors (Lipinski definition) is 6. The molecule has 9 heteroatoms. The Morgan fingerprint density at radius 2 is 0.920 bits per heavy atom. The summed E-state index contributed by atoms with van der Waals surface area (Å²) in [5.74, 6) is -0.980. The fourth-order valence-corrected chi connectivity index (χ4v) is 5.42. The molecule has 0 amide bonds. The lowest BCUT2D eigenvalue weighted by Crippen LogP contribution is -2.29. The summed E-state index contributed by atoms with van der Waals surface area (Å²) in [6.45, 7) is 3.58. The largest absolute Gasteiger partial charge is 0.469 e. The third-order valence-electron chi connectivity index (χ3n) is 8.01. The van der Waals surface area contributed by atoms with Crippen molar-refractivity contribution in [3.05, 3.63) is 60.8 Å². The summed E-state index contributed by atoms with van der Waals surface area (Å²) in [5, 5.41) is 0. The van der Waals surface area contributed by atoms with E-state index in [1.54, 1.807) is 0 Å². The van der Waals surface area contributed by atoms with Crippen LogP contribution in [0.5, 0.6) is 0 Å². The third kappa shape index (κ3) is 38.6. The quantitative estimate of drug-likeness (QED) is 0.0287. The average Bonchev–Trinajstić information content (AvgIpc) is 3.08. The molecule has 0 aromatic carbocycles. The van der Waals surface area contributed by atoms with Gasteiger partial charge in [0.25, 0.3) is 0 Å². The summed E-state index contributed by atoms with van der Waals surface area (Å²) in [6.07, 6.45) is 45.2. The van der Waals surface area contributed by atoms with Crippen LogP contribution in [-0.4, -0.2) is 41.0 Å². The van der Waals surface area contributed by atoms with Crippen molar-refractivity contribution >= 4 is 19.8 Å². The first-order valence-corrected chi connectivity index (χ1v) is 21.1. The van der Waals surface area contributed by atoms with Gasteiger partial charge in [-0.3, -0.25) is 14.1 Å². The van der Waals surface area contributed by atoms with E-state index in [-0.39, 0.29) is 19.4 Å². The molecule has 8 nitrogen and oxygen atoms in total. The van der Waals surface area contributed by atoms with Crippen molar-refractivity contribution < 1.29 is 37.9 Å². The van der Waals surface area contributed by atoms with Gasteiger partial charge >= 0.3 is 19.8 Å². The molecular formula is C41H71O8P. The minimum Gasteiger partial charge on any atom is -0.462 e. The van der Waals surface area contributed by atoms with Crippen LogP contribution in [-0.2, 0) is 28.2 Å². The van der Waals surface area contributed by atoms with Gasteiger partial charge in [-0.2, -0.15) is 0 Å². The molecule has 0 saturated carbocycles. The molecule has 0 saturated heterocycles. The zero-order chi connectivity index (χ0) is 36.8. The van der Waals surface area contributed by atoms with E-state index < -0.39 is 32.5 Å². The number of esters is 2. The van der Waals surface area contributed by atoms with Gasteiger partial charge in [0.1, 0.15) is 6.61 Å². The van der Waals surface area contributed by atoms with E-state index in [0.29, 0.717) is 12.8 Å². The van der Waals surface area contributed by atoms with E-state index in [9.17, 15) is 14.2 Å². The Morgan fingerprint density at radius 3 is 1.46 bits per heavy atom. The number of allylic oxidation sites excluding steroid dienone is 10. The van der Waals surface area contributed by atoms with Gasteiger partial charge < -0.3 is 19.3 Å². The van der Waals surface area contributed by atoms with Gasteiger partial charge in [0.05, 0.1) is 6.61 Å². The molecule has 0 aliphatic heterocycles. The fraction of sp³-hybridized carbons (Fsp3) is 0.707. The Bertz CT molecular complexity index is 995. The standard InChI is InChI=1S/C41H71O8P/c1-3-5-7-9-11-13-15-17-19-20-22-23-25-27-29-31-33-35-40(42)47-37-39(38-48-50(44,45)46)49-41(43)36-34-32-30-28-26-24-21-18-16-14-12-10-8-6-4-2/h11,13,17,19,22-23,26-29,39H,3-10,12,14-16,18,20-21,24-25,30-38H2,1-2H3,(H2,44,45,46)/b13-11+,19-17+,23-22+,28-26+,29-27+/t39-/m1/s1. The molecule has 0 unspecified atom stereocenters. The van der Waals surface area contributed by atoms with E-state index >= 15 is 0 Å². The summed E-state index contributed by atoms with van der Waals surface area (Å²) < 4.78 is 26.2. The van der Waals surface area contributed by atoms with Crippen LogP contribution in [0.15, 0.2) is 60.8 Å². The molecule has 0 aromatic rings. The van der Waals surface area contributed by atoms with Crippen LogP contribution in [0.4, 0.5) is 0 Å². The number of rotatable bonds is 35. The van der Waals surface area contributed by atoms with Crippen molar-refractivity contribution in [3.8, 4) is 0 Å². The molecule has 0 bridgehead atoms. The topological polar surface area (TPSA) is 119 Å². The van der Waals surface area contributed by atoms with Crippen LogP contribution in [0.2, 0.25) is 0 Å². The summed E-state index contributed by atoms with van der Waals surface area (Å²) in [4.78, 5) is 42.7. The Kier molecular flexibility index (Phi) is 34.9. The van der Waals surface area contributed by atoms with Crippen molar-refractivity contribution in [3.63, 3.8) is 0 Å². The number of carbonyl (C=O) groups is 2. The van der Waals surface area contributed by atoms with Crippen molar-refractivity contribution in [1.82, 2.24) is 0 Å². The highest BCUT2D eigenvalue weighted by Gasteiger charge is 2.22. The Hall–Kier alpha value is -2.25. The number of ether oxygens (including phenoxy) is 2. The first-order chi connectivity index (χ1) is 24.3. The molecule has 50 heavy (non-hydrogen) atoms. The predicted octanol–water partition coefficient (Wildman–Crippen LogP) is 11.7. The zero-order valence-corrected chi connectivity index (χ0v) is 32.4. The lowest BCUT2D eigenvalue weighted by Gasteiger charge is -2.18. The number of phosphoric acid groups is 1. The Labute approximate surface area is 305 Å². The number of hydrogen-bond donors (Lipinski definition) is 2. The first-order valence-electron chi connectivity index (χ1n) is 19.6. The second-order valence-electron chi connectivity index (χ2n) is 12.9. The molecule has 0 radical (unpaired) electrons. The molecule has 0 aliphatic rings. The highest BCUT2D eigenvalue weighted by molar-refractivity contribution is 7.46. The number of carbonyl (C=O) groups excluding carboxylic acids is 2. The van der Waals surface area contributed by atoms with Gasteiger partial charge in [0.2, 0.25) is 0 Å². The smallest absolute Gasteiger partial charge is 0.462 e. The predicted molar refractivity (Wildman–Crippen MR) is 207 cm³/mol. The van der Waals surface area contributed by atoms with Crippen molar-refractivity contribution in [2.24, 2.45) is 0 Å². The maximum Gasteiger partial charge on any atom is 0.469 e. The van der Waals surface area contributed by atoms with E-state index in [1.165, 1.54) is 83.5 Å². The maximum atomic E-state index is 12.4. The van der Waals surface area contributed by atoms with Crippen molar-refractivity contribution in [2.75, 3.05) is 13.2 Å². The lowest BCUT2D eigenvalue weighted by atomic mass is 10.1. The monoisotopic (exact) mass is 722 g/mol. The molecule has 288 valence electrons. The van der Waals surface area contributed by atoms with Gasteiger partial charge in [0, 0.05) is 12.8 Å². The zero-order valence-electron chi connectivity index (χ0n) is 31.5. The molecule has 0 fully saturated rings. The van der Waals surface area contributed by atoms with E-state index in [0.717, 1.165) is 44.9 Å². The molecule has 0 rings (SSSR count). The fourth-order valence-electron chi connectivity index (χ4n) is 5.06. The van der Waals surface area contributed by atoms with E-state index in [2.05, 4.69) is 73.1 Å². The van der Waals surface area contributed by atoms with Gasteiger partial charge in [-0.05, 0) is 77.0 Å². The number of phosphoric ester groups is 1. The molecular weight excluding hydrogens is 651 g/mol. The van der Waals surface area contributed by atoms with Gasteiger partial charge in [-0.25, -0.2) is 4.57 Å². The molecule has 0 heterocycles. The SMILES string of the molecule is CCCCC/C=C/C/C=C/C/C=C/C/C=C/CCCC(=O)OC[C@H](COP(=O)(O)O)OC(=O)CCCC/C=C/CCCCCCCCCCC. The van der Waals surface area contributed by atoms with Crippen LogP contribution in [0.25, 0.3) is 0 Å². The van der Waals surface area contributed by atoms with Crippen LogP contribution >= 0.6 is 7.82 Å². The Balaban J connectivity index is 4.09. The highest BCUT2D eigenvalue weighted by atomic mass is 31.2. The summed E-state index contributed by atoms with van der Waals surface area (Å²) in [6, 6.07) is 0. The van der Waals surface area contributed by atoms with Crippen LogP contribution in [0.1, 0.15) is 168 Å². The number of unbranched alkanes of at least 4 members (excludes halogenated alkanes) is 15. The molecule has 0 spiro atoms. The van der Waals surface area contributed by atoms with Crippen molar-refractivity contribution in [2.45, 2.75) is 174 Å². The highest BCUT2D eigenvalue weighted by Crippen LogP contribution is 2.36. The third-order valence-corrected chi connectivity index (χ3v) is 8.49. The van der Waals surface area contributed by atoms with Gasteiger partial charge in [0.15, 0.2) is 6.10 Å². The average molecular weight is 723 g/mol. The van der Waals surface area contributed by atoms with E-state index in [1.807, 2.05) is 6.08 Å². The van der Waals surface area contributed by atoms with Crippen molar-refractivity contribution in [1.29, 1.82) is 0 Å². The van der Waals surface area contributed by atoms with Gasteiger partial charge in [-0.1, -0.05) is 139 Å². The van der Waals surface area contributed by atoms with Crippen LogP contribution < -0.4 is 0 Å². The normalized spacial score (nSPS) is 13.1. The minimum atomic E-state index is -4.77. The second kappa shape index (κ2) is 36.5. The maximum absolute atomic E-state index is 12.4. The Morgan fingerprint density at radius 1 is 0.520 bits per heavy atom. The van der Waals surface area contributed by atoms with Crippen LogP contribution in [0.3, 0.4) is 0 Å². The molecule has 0 aromatic heterocycles.